The maximum Gasteiger partial charge on any atom is 0.311 e. The van der Waals surface area contributed by atoms with E-state index in [0.717, 1.165) is 12.8 Å². The summed E-state index contributed by atoms with van der Waals surface area (Å²) in [5.41, 5.74) is 5.30. The van der Waals surface area contributed by atoms with Gasteiger partial charge in [-0.2, -0.15) is 0 Å². The van der Waals surface area contributed by atoms with Crippen LogP contribution < -0.4 is 11.1 Å². The second-order valence-electron chi connectivity index (χ2n) is 4.25. The van der Waals surface area contributed by atoms with E-state index in [1.165, 1.54) is 6.07 Å². The van der Waals surface area contributed by atoms with Gasteiger partial charge in [0.15, 0.2) is 0 Å². The number of hydrogen-bond donors (Lipinski definition) is 2. The minimum absolute atomic E-state index is 0.0606. The second kappa shape index (κ2) is 4.99. The number of nitro groups is 1. The number of anilines is 2. The Hall–Kier alpha value is -1.85. The van der Waals surface area contributed by atoms with E-state index in [1.807, 2.05) is 0 Å². The summed E-state index contributed by atoms with van der Waals surface area (Å²) in [7, 11) is 0. The molecule has 0 saturated heterocycles. The van der Waals surface area contributed by atoms with Crippen molar-refractivity contribution < 1.29 is 4.92 Å². The molecular weight excluding hydrogens is 220 g/mol. The van der Waals surface area contributed by atoms with Crippen molar-refractivity contribution in [1.29, 1.82) is 0 Å². The van der Waals surface area contributed by atoms with Crippen LogP contribution in [0.15, 0.2) is 12.1 Å². The number of nitrogen functional groups attached to an aromatic ring is 1. The standard InChI is InChI=1S/C11H18N4O2/c1-4-11(3,5-2)14-9-7-6-8(15(16)17)10(12)13-9/h6-7H,4-5H2,1-3H3,(H3,12,13,14). The first kappa shape index (κ1) is 13.2. The van der Waals surface area contributed by atoms with Gasteiger partial charge in [0, 0.05) is 11.6 Å². The number of aromatic nitrogens is 1. The van der Waals surface area contributed by atoms with E-state index in [2.05, 4.69) is 31.1 Å². The van der Waals surface area contributed by atoms with Gasteiger partial charge in [0.2, 0.25) is 5.82 Å². The van der Waals surface area contributed by atoms with Crippen molar-refractivity contribution >= 4 is 17.3 Å². The third-order valence-electron chi connectivity index (χ3n) is 3.09. The van der Waals surface area contributed by atoms with Gasteiger partial charge in [-0.1, -0.05) is 13.8 Å². The summed E-state index contributed by atoms with van der Waals surface area (Å²) < 4.78 is 0. The smallest absolute Gasteiger partial charge is 0.311 e. The van der Waals surface area contributed by atoms with E-state index < -0.39 is 4.92 Å². The van der Waals surface area contributed by atoms with Gasteiger partial charge in [-0.05, 0) is 25.8 Å². The SMILES string of the molecule is CCC(C)(CC)Nc1ccc([N+](=O)[O-])c(N)n1. The Morgan fingerprint density at radius 1 is 1.47 bits per heavy atom. The summed E-state index contributed by atoms with van der Waals surface area (Å²) in [5, 5.41) is 13.8. The van der Waals surface area contributed by atoms with E-state index in [9.17, 15) is 10.1 Å². The van der Waals surface area contributed by atoms with Crippen molar-refractivity contribution in [2.45, 2.75) is 39.2 Å². The molecule has 6 heteroatoms. The molecule has 17 heavy (non-hydrogen) atoms. The molecule has 3 N–H and O–H groups in total. The number of nitrogens with one attached hydrogen (secondary N) is 1. The molecule has 0 unspecified atom stereocenters. The van der Waals surface area contributed by atoms with Crippen LogP contribution in [0, 0.1) is 10.1 Å². The highest BCUT2D eigenvalue weighted by molar-refractivity contribution is 5.57. The van der Waals surface area contributed by atoms with Gasteiger partial charge in [0.05, 0.1) is 4.92 Å². The summed E-state index contributed by atoms with van der Waals surface area (Å²) in [4.78, 5) is 14.1. The molecule has 1 aromatic rings. The van der Waals surface area contributed by atoms with Crippen molar-refractivity contribution in [1.82, 2.24) is 4.98 Å². The first-order valence-corrected chi connectivity index (χ1v) is 5.61. The van der Waals surface area contributed by atoms with Gasteiger partial charge in [0.1, 0.15) is 5.82 Å². The lowest BCUT2D eigenvalue weighted by Crippen LogP contribution is -2.33. The Labute approximate surface area is 100 Å². The molecule has 0 bridgehead atoms. The molecule has 0 aliphatic carbocycles. The van der Waals surface area contributed by atoms with Gasteiger partial charge in [-0.3, -0.25) is 10.1 Å². The molecule has 0 fully saturated rings. The second-order valence-corrected chi connectivity index (χ2v) is 4.25. The highest BCUT2D eigenvalue weighted by Crippen LogP contribution is 2.25. The Bertz CT molecular complexity index is 416. The van der Waals surface area contributed by atoms with Crippen molar-refractivity contribution in [2.75, 3.05) is 11.1 Å². The van der Waals surface area contributed by atoms with E-state index in [4.69, 9.17) is 5.73 Å². The quantitative estimate of drug-likeness (QED) is 0.607. The first-order valence-electron chi connectivity index (χ1n) is 5.61. The van der Waals surface area contributed by atoms with Crippen LogP contribution in [-0.4, -0.2) is 15.4 Å². The maximum atomic E-state index is 10.6. The normalized spacial score (nSPS) is 11.2. The minimum atomic E-state index is -0.537. The Balaban J connectivity index is 2.95. The molecular formula is C11H18N4O2. The van der Waals surface area contributed by atoms with E-state index in [0.29, 0.717) is 5.82 Å². The lowest BCUT2D eigenvalue weighted by molar-refractivity contribution is -0.384. The molecule has 0 aromatic carbocycles. The summed E-state index contributed by atoms with van der Waals surface area (Å²) in [6.45, 7) is 6.22. The Kier molecular flexibility index (Phi) is 3.88. The zero-order valence-corrected chi connectivity index (χ0v) is 10.4. The van der Waals surface area contributed by atoms with Gasteiger partial charge < -0.3 is 11.1 Å². The first-order chi connectivity index (χ1) is 7.91. The van der Waals surface area contributed by atoms with Crippen molar-refractivity contribution in [3.63, 3.8) is 0 Å². The van der Waals surface area contributed by atoms with E-state index >= 15 is 0 Å². The van der Waals surface area contributed by atoms with Crippen molar-refractivity contribution in [3.05, 3.63) is 22.2 Å². The van der Waals surface area contributed by atoms with Crippen LogP contribution in [0.25, 0.3) is 0 Å². The molecule has 1 aromatic heterocycles. The molecule has 0 aliphatic heterocycles. The largest absolute Gasteiger partial charge is 0.378 e. The predicted octanol–water partition coefficient (Wildman–Crippen LogP) is 2.56. The minimum Gasteiger partial charge on any atom is -0.378 e. The maximum absolute atomic E-state index is 10.6. The zero-order chi connectivity index (χ0) is 13.1. The molecule has 1 rings (SSSR count). The number of nitrogens with two attached hydrogens (primary N) is 1. The topological polar surface area (TPSA) is 94.1 Å². The van der Waals surface area contributed by atoms with Gasteiger partial charge in [-0.15, -0.1) is 0 Å². The van der Waals surface area contributed by atoms with Crippen molar-refractivity contribution in [3.8, 4) is 0 Å². The summed E-state index contributed by atoms with van der Waals surface area (Å²) in [5.74, 6) is 0.508. The molecule has 0 radical (unpaired) electrons. The van der Waals surface area contributed by atoms with Crippen LogP contribution in [0.3, 0.4) is 0 Å². The highest BCUT2D eigenvalue weighted by atomic mass is 16.6. The molecule has 1 heterocycles. The van der Waals surface area contributed by atoms with Crippen LogP contribution >= 0.6 is 0 Å². The lowest BCUT2D eigenvalue weighted by atomic mass is 9.96. The third-order valence-corrected chi connectivity index (χ3v) is 3.09. The van der Waals surface area contributed by atoms with Gasteiger partial charge in [-0.25, -0.2) is 4.98 Å². The van der Waals surface area contributed by atoms with Crippen LogP contribution in [0.1, 0.15) is 33.6 Å². The summed E-state index contributed by atoms with van der Waals surface area (Å²) >= 11 is 0. The lowest BCUT2D eigenvalue weighted by Gasteiger charge is -2.28. The number of nitrogens with zero attached hydrogens (tertiary/aromatic N) is 2. The molecule has 0 atom stereocenters. The Morgan fingerprint density at radius 2 is 2.06 bits per heavy atom. The number of rotatable bonds is 5. The number of hydrogen-bond acceptors (Lipinski definition) is 5. The van der Waals surface area contributed by atoms with Crippen LogP contribution in [-0.2, 0) is 0 Å². The monoisotopic (exact) mass is 238 g/mol. The zero-order valence-electron chi connectivity index (χ0n) is 10.4. The predicted molar refractivity (Wildman–Crippen MR) is 67.9 cm³/mol. The number of pyridine rings is 1. The van der Waals surface area contributed by atoms with E-state index in [1.54, 1.807) is 6.07 Å². The molecule has 0 spiro atoms. The molecule has 0 saturated carbocycles. The summed E-state index contributed by atoms with van der Waals surface area (Å²) in [6, 6.07) is 2.95. The fraction of sp³-hybridized carbons (Fsp3) is 0.545. The molecule has 0 aliphatic rings. The van der Waals surface area contributed by atoms with Crippen LogP contribution in [0.2, 0.25) is 0 Å². The van der Waals surface area contributed by atoms with Crippen LogP contribution in [0.4, 0.5) is 17.3 Å². The Morgan fingerprint density at radius 3 is 2.47 bits per heavy atom. The molecule has 0 amide bonds. The highest BCUT2D eigenvalue weighted by Gasteiger charge is 2.21. The fourth-order valence-corrected chi connectivity index (χ4v) is 1.43. The average Bonchev–Trinajstić information content (AvgIpc) is 2.28. The van der Waals surface area contributed by atoms with Crippen molar-refractivity contribution in [2.24, 2.45) is 0 Å². The third kappa shape index (κ3) is 3.05. The van der Waals surface area contributed by atoms with E-state index in [-0.39, 0.29) is 17.0 Å². The van der Waals surface area contributed by atoms with Gasteiger partial charge in [0.25, 0.3) is 0 Å². The summed E-state index contributed by atoms with van der Waals surface area (Å²) in [6.07, 6.45) is 1.87. The average molecular weight is 238 g/mol. The fourth-order valence-electron chi connectivity index (χ4n) is 1.43. The molecule has 94 valence electrons. The van der Waals surface area contributed by atoms with Crippen LogP contribution in [0.5, 0.6) is 0 Å². The van der Waals surface area contributed by atoms with Gasteiger partial charge >= 0.3 is 5.69 Å². The molecule has 6 nitrogen and oxygen atoms in total.